The molecule has 0 bridgehead atoms. The lowest BCUT2D eigenvalue weighted by atomic mass is 9.71. The summed E-state index contributed by atoms with van der Waals surface area (Å²) >= 11 is 1.30. The Morgan fingerprint density at radius 1 is 0.623 bits per heavy atom. The van der Waals surface area contributed by atoms with E-state index in [2.05, 4.69) is 129 Å². The normalized spacial score (nSPS) is 25.3. The van der Waals surface area contributed by atoms with Crippen LogP contribution in [0.3, 0.4) is 0 Å². The summed E-state index contributed by atoms with van der Waals surface area (Å²) in [6, 6.07) is 20.6. The largest absolute Gasteiger partial charge is 0.361 e. The number of hydrogen-bond acceptors (Lipinski definition) is 9. The summed E-state index contributed by atoms with van der Waals surface area (Å²) in [4.78, 5) is 80.9. The van der Waals surface area contributed by atoms with Gasteiger partial charge in [0.2, 0.25) is 5.91 Å². The number of rotatable bonds is 14. The Labute approximate surface area is 458 Å². The Hall–Kier alpha value is -5.80. The van der Waals surface area contributed by atoms with Crippen LogP contribution in [-0.2, 0) is 38.4 Å². The SMILES string of the molecule is C=CCN1C[C@H](C(=O)N(CSCC(C)=O)C(=O)NCC)C[C@@H]2c3cccc4[nH]cc(c34)C[C@H]21.CCCN1C[C@H](C(C)=O)C[C@@H]2c3cccc4[nH]cc(c34)C[C@H]21.CCCN1C[C@H](C(C)=O)C[C@@H]2c3cccc4[nH]cc(c34)C[C@H]21. The fourth-order valence-electron chi connectivity index (χ4n) is 14.6. The van der Waals surface area contributed by atoms with Crippen LogP contribution < -0.4 is 5.32 Å². The Bertz CT molecular complexity index is 3030. The minimum Gasteiger partial charge on any atom is -0.361 e. The van der Waals surface area contributed by atoms with Gasteiger partial charge in [-0.3, -0.25) is 38.8 Å². The van der Waals surface area contributed by atoms with E-state index in [0.717, 1.165) is 76.6 Å². The molecular weight excluding hydrogens is 981 g/mol. The van der Waals surface area contributed by atoms with E-state index in [1.807, 2.05) is 13.0 Å². The van der Waals surface area contributed by atoms with Crippen molar-refractivity contribution in [1.29, 1.82) is 0 Å². The first-order chi connectivity index (χ1) is 37.3. The van der Waals surface area contributed by atoms with Crippen molar-refractivity contribution in [3.63, 3.8) is 0 Å². The fourth-order valence-corrected chi connectivity index (χ4v) is 15.4. The number of thioether (sulfide) groups is 1. The van der Waals surface area contributed by atoms with Gasteiger partial charge in [-0.15, -0.1) is 18.3 Å². The zero-order valence-electron chi connectivity index (χ0n) is 46.2. The molecule has 6 aromatic rings. The highest BCUT2D eigenvalue weighted by atomic mass is 32.2. The second kappa shape index (κ2) is 23.7. The van der Waals surface area contributed by atoms with Gasteiger partial charge < -0.3 is 20.3 Å². The van der Waals surface area contributed by atoms with E-state index in [4.69, 9.17) is 0 Å². The summed E-state index contributed by atoms with van der Waals surface area (Å²) in [5.74, 6) is 2.32. The number of fused-ring (bicyclic) bond motifs is 6. The molecule has 3 aliphatic heterocycles. The van der Waals surface area contributed by atoms with Gasteiger partial charge in [0.05, 0.1) is 17.5 Å². The maximum atomic E-state index is 13.7. The van der Waals surface area contributed by atoms with Gasteiger partial charge in [-0.1, -0.05) is 56.3 Å². The maximum Gasteiger partial charge on any atom is 0.324 e. The standard InChI is InChI=1S/C25H32N4O3S.2C19H24N2O/c1-4-9-28-13-18(24(31)29(25(32)26-5-2)15-33-14-16(3)30)10-20-19-7-6-8-21-23(19)17(12-27-21)11-22(20)28;2*1-3-7-21-11-14(12(2)22)8-16-15-5-4-6-17-19(15)13(10-20-17)9-18(16)21/h4,6-8,12,18,20,22,27H,1,5,9-11,13-15H2,2-3H3,(H,26,32);2*4-6,10,14,16,18,20H,3,7-9,11H2,1-2H3/t18-,20-,22-;2*14-,16-,18-/m111/s1. The van der Waals surface area contributed by atoms with Gasteiger partial charge in [-0.25, -0.2) is 4.79 Å². The third-order valence-corrected chi connectivity index (χ3v) is 19.0. The number of carbonyl (C=O) groups excluding carboxylic acids is 5. The van der Waals surface area contributed by atoms with Crippen molar-refractivity contribution in [3.05, 3.63) is 119 Å². The molecule has 13 nitrogen and oxygen atoms in total. The van der Waals surface area contributed by atoms with Crippen LogP contribution in [0.15, 0.2) is 85.8 Å². The summed E-state index contributed by atoms with van der Waals surface area (Å²) < 4.78 is 0. The van der Waals surface area contributed by atoms with Gasteiger partial charge in [0.15, 0.2) is 0 Å². The van der Waals surface area contributed by atoms with Crippen molar-refractivity contribution in [1.82, 2.24) is 39.9 Å². The minimum atomic E-state index is -0.394. The van der Waals surface area contributed by atoms with Gasteiger partial charge >= 0.3 is 6.03 Å². The molecular formula is C63H80N8O5S. The molecule has 0 unspecified atom stereocenters. The topological polar surface area (TPSA) is 158 Å². The highest BCUT2D eigenvalue weighted by Gasteiger charge is 2.46. The zero-order valence-corrected chi connectivity index (χ0v) is 47.0. The lowest BCUT2D eigenvalue weighted by Gasteiger charge is -2.47. The predicted molar refractivity (Wildman–Crippen MR) is 311 cm³/mol. The smallest absolute Gasteiger partial charge is 0.324 e. The summed E-state index contributed by atoms with van der Waals surface area (Å²) in [5.41, 5.74) is 12.1. The molecule has 0 radical (unpaired) electrons. The molecule has 12 rings (SSSR count). The molecule has 3 aliphatic carbocycles. The lowest BCUT2D eigenvalue weighted by molar-refractivity contribution is -0.134. The van der Waals surface area contributed by atoms with Gasteiger partial charge in [-0.2, -0.15) is 0 Å². The molecule has 9 atom stereocenters. The highest BCUT2D eigenvalue weighted by Crippen LogP contribution is 2.48. The quantitative estimate of drug-likeness (QED) is 0.0616. The third-order valence-electron chi connectivity index (χ3n) is 18.0. The molecule has 6 heterocycles. The predicted octanol–water partition coefficient (Wildman–Crippen LogP) is 10.5. The molecule has 3 saturated heterocycles. The van der Waals surface area contributed by atoms with Crippen molar-refractivity contribution >= 4 is 73.8 Å². The number of nitrogens with zero attached hydrogens (tertiary/aromatic N) is 4. The molecule has 4 N–H and O–H groups in total. The van der Waals surface area contributed by atoms with Gasteiger partial charge in [0.1, 0.15) is 17.3 Å². The number of likely N-dealkylation sites (tertiary alicyclic amines) is 3. The maximum absolute atomic E-state index is 13.7. The number of amides is 3. The van der Waals surface area contributed by atoms with E-state index in [1.54, 1.807) is 13.8 Å². The van der Waals surface area contributed by atoms with E-state index in [-0.39, 0.29) is 47.0 Å². The number of imide groups is 1. The highest BCUT2D eigenvalue weighted by molar-refractivity contribution is 7.99. The van der Waals surface area contributed by atoms with Crippen LogP contribution in [0.25, 0.3) is 32.7 Å². The van der Waals surface area contributed by atoms with Crippen molar-refractivity contribution in [2.75, 3.05) is 57.4 Å². The van der Waals surface area contributed by atoms with Gasteiger partial charge in [0, 0.05) is 132 Å². The first-order valence-corrected chi connectivity index (χ1v) is 29.7. The minimum absolute atomic E-state index is 0.0265. The first-order valence-electron chi connectivity index (χ1n) is 28.6. The molecule has 3 amide bonds. The second-order valence-electron chi connectivity index (χ2n) is 22.9. The van der Waals surface area contributed by atoms with E-state index >= 15 is 0 Å². The van der Waals surface area contributed by atoms with Crippen LogP contribution in [0.5, 0.6) is 0 Å². The Kier molecular flexibility index (Phi) is 16.8. The number of benzene rings is 3. The molecule has 6 aliphatic rings. The molecule has 0 spiro atoms. The van der Waals surface area contributed by atoms with Crippen molar-refractivity contribution in [2.45, 2.75) is 129 Å². The number of aromatic nitrogens is 3. The summed E-state index contributed by atoms with van der Waals surface area (Å²) in [6.45, 7) is 21.1. The fraction of sp³-hybridized carbons (Fsp3) is 0.508. The van der Waals surface area contributed by atoms with E-state index in [1.165, 1.54) is 84.2 Å². The number of Topliss-reactive ketones (excluding diaryl/α,β-unsaturated/α-hetero) is 3. The lowest BCUT2D eigenvalue weighted by Crippen LogP contribution is -2.55. The first kappa shape index (κ1) is 54.6. The van der Waals surface area contributed by atoms with Crippen LogP contribution >= 0.6 is 11.8 Å². The van der Waals surface area contributed by atoms with Crippen molar-refractivity contribution in [2.24, 2.45) is 17.8 Å². The number of nitrogens with one attached hydrogen (secondary N) is 4. The molecule has 3 aromatic heterocycles. The van der Waals surface area contributed by atoms with Crippen LogP contribution in [0.2, 0.25) is 0 Å². The van der Waals surface area contributed by atoms with Gasteiger partial charge in [0.25, 0.3) is 0 Å². The molecule has 14 heteroatoms. The molecule has 0 saturated carbocycles. The summed E-state index contributed by atoms with van der Waals surface area (Å²) in [7, 11) is 0. The van der Waals surface area contributed by atoms with E-state index in [0.29, 0.717) is 67.6 Å². The summed E-state index contributed by atoms with van der Waals surface area (Å²) in [6.07, 6.45) is 16.6. The Morgan fingerprint density at radius 3 is 1.43 bits per heavy atom. The van der Waals surface area contributed by atoms with Crippen LogP contribution in [-0.4, -0.2) is 139 Å². The number of aromatic amines is 3. The number of urea groups is 1. The Balaban J connectivity index is 0.000000135. The van der Waals surface area contributed by atoms with Gasteiger partial charge in [-0.05, 0) is 144 Å². The van der Waals surface area contributed by atoms with Crippen molar-refractivity contribution < 1.29 is 24.0 Å². The average molecular weight is 1060 g/mol. The Morgan fingerprint density at radius 2 is 1.04 bits per heavy atom. The van der Waals surface area contributed by atoms with Crippen LogP contribution in [0.1, 0.15) is 125 Å². The van der Waals surface area contributed by atoms with Crippen LogP contribution in [0.4, 0.5) is 4.79 Å². The van der Waals surface area contributed by atoms with Crippen molar-refractivity contribution in [3.8, 4) is 0 Å². The number of piperidine rings is 3. The number of H-pyrrole nitrogens is 3. The average Bonchev–Trinajstić information content (AvgIpc) is 4.28. The molecule has 408 valence electrons. The number of hydrogen-bond donors (Lipinski definition) is 4. The molecule has 77 heavy (non-hydrogen) atoms. The van der Waals surface area contributed by atoms with E-state index < -0.39 is 6.03 Å². The molecule has 3 fully saturated rings. The summed E-state index contributed by atoms with van der Waals surface area (Å²) in [5, 5.41) is 6.88. The second-order valence-corrected chi connectivity index (χ2v) is 23.9. The number of carbonyl (C=O) groups is 5. The van der Waals surface area contributed by atoms with E-state index in [9.17, 15) is 24.0 Å². The molecule has 3 aromatic carbocycles. The zero-order chi connectivity index (χ0) is 54.1. The van der Waals surface area contributed by atoms with Crippen LogP contribution in [0, 0.1) is 17.8 Å². The monoisotopic (exact) mass is 1060 g/mol. The third kappa shape index (κ3) is 10.9. The number of ketones is 3.